The molecule has 0 amide bonds. The molecule has 0 fully saturated rings. The number of benzene rings is 7. The van der Waals surface area contributed by atoms with Crippen LogP contribution in [-0.2, 0) is 22.4 Å². The van der Waals surface area contributed by atoms with Crippen molar-refractivity contribution >= 4 is 77.7 Å². The van der Waals surface area contributed by atoms with Crippen molar-refractivity contribution in [2.75, 3.05) is 0 Å². The molecule has 4 aromatic heterocycles. The van der Waals surface area contributed by atoms with Gasteiger partial charge in [0.05, 0.1) is 57.2 Å². The van der Waals surface area contributed by atoms with Crippen LogP contribution in [0.25, 0.3) is 77.4 Å². The van der Waals surface area contributed by atoms with Crippen molar-refractivity contribution in [3.63, 3.8) is 0 Å². The Kier molecular flexibility index (Phi) is 10.6. The first kappa shape index (κ1) is 43.2. The summed E-state index contributed by atoms with van der Waals surface area (Å²) in [6.45, 7) is 18.5. The van der Waals surface area contributed by atoms with Crippen LogP contribution >= 0.6 is 0 Å². The van der Waals surface area contributed by atoms with Crippen LogP contribution in [-0.4, -0.2) is 25.4 Å². The topological polar surface area (TPSA) is 31.6 Å². The van der Waals surface area contributed by atoms with Crippen LogP contribution in [0.1, 0.15) is 101 Å². The molecular formula is C60H54AuBN5+. The van der Waals surface area contributed by atoms with E-state index in [1.807, 2.05) is 0 Å². The summed E-state index contributed by atoms with van der Waals surface area (Å²) in [7, 11) is 0. The number of fused-ring (bicyclic) bond motifs is 11. The molecule has 7 aromatic carbocycles. The molecule has 13 rings (SSSR count). The van der Waals surface area contributed by atoms with Crippen LogP contribution in [0.5, 0.6) is 0 Å². The fraction of sp³-hybridized carbons (Fsp3) is 0.200. The molecule has 0 aliphatic carbocycles. The zero-order chi connectivity index (χ0) is 45.1. The summed E-state index contributed by atoms with van der Waals surface area (Å²) in [5, 5.41) is 5.23. The first-order valence-electron chi connectivity index (χ1n) is 23.9. The molecule has 0 N–H and O–H groups in total. The minimum Gasteiger partial charge on any atom is -0.309 e. The molecule has 2 aliphatic rings. The molecule has 7 heteroatoms. The molecule has 2 aliphatic heterocycles. The second-order valence-electron chi connectivity index (χ2n) is 19.7. The Balaban J connectivity index is 0.000000145. The Labute approximate surface area is 409 Å². The molecule has 11 aromatic rings. The van der Waals surface area contributed by atoms with Gasteiger partial charge in [-0.2, -0.15) is 0 Å². The third-order valence-corrected chi connectivity index (χ3v) is 14.5. The van der Waals surface area contributed by atoms with E-state index in [2.05, 4.69) is 238 Å². The van der Waals surface area contributed by atoms with E-state index in [0.29, 0.717) is 23.7 Å². The van der Waals surface area contributed by atoms with Gasteiger partial charge in [-0.05, 0) is 74.4 Å². The molecule has 5 nitrogen and oxygen atoms in total. The van der Waals surface area contributed by atoms with E-state index >= 15 is 0 Å². The summed E-state index contributed by atoms with van der Waals surface area (Å²) < 4.78 is 9.53. The number of aromatic nitrogens is 5. The van der Waals surface area contributed by atoms with Crippen molar-refractivity contribution in [3.05, 3.63) is 187 Å². The quantitative estimate of drug-likeness (QED) is 0.0928. The van der Waals surface area contributed by atoms with Gasteiger partial charge in [0.25, 0.3) is 13.0 Å². The summed E-state index contributed by atoms with van der Waals surface area (Å²) >= 11 is 0. The van der Waals surface area contributed by atoms with Gasteiger partial charge in [-0.25, -0.2) is 0 Å². The van der Waals surface area contributed by atoms with Crippen molar-refractivity contribution in [2.24, 2.45) is 0 Å². The Morgan fingerprint density at radius 3 is 1.37 bits per heavy atom. The second-order valence-corrected chi connectivity index (χ2v) is 19.7. The van der Waals surface area contributed by atoms with Crippen molar-refractivity contribution < 1.29 is 26.9 Å². The molecule has 6 heterocycles. The van der Waals surface area contributed by atoms with E-state index in [1.54, 1.807) is 0 Å². The molecule has 67 heavy (non-hydrogen) atoms. The van der Waals surface area contributed by atoms with Crippen molar-refractivity contribution in [1.82, 2.24) is 18.7 Å². The molecule has 0 unspecified atom stereocenters. The predicted octanol–water partition coefficient (Wildman–Crippen LogP) is 12.6. The molecule has 0 bridgehead atoms. The van der Waals surface area contributed by atoms with Crippen LogP contribution < -0.4 is 21.0 Å². The fourth-order valence-electron chi connectivity index (χ4n) is 11.6. The van der Waals surface area contributed by atoms with Gasteiger partial charge in [0.15, 0.2) is 0 Å². The maximum Gasteiger partial charge on any atom is 1.00 e. The summed E-state index contributed by atoms with van der Waals surface area (Å²) in [4.78, 5) is 4.79. The Morgan fingerprint density at radius 1 is 0.463 bits per heavy atom. The minimum absolute atomic E-state index is 0. The molecule has 0 radical (unpaired) electrons. The maximum atomic E-state index is 4.79. The molecule has 332 valence electrons. The monoisotopic (exact) mass is 1050 g/mol. The van der Waals surface area contributed by atoms with Gasteiger partial charge >= 0.3 is 22.4 Å². The van der Waals surface area contributed by atoms with E-state index in [0.717, 1.165) is 0 Å². The molecule has 0 saturated heterocycles. The number of imidazole rings is 1. The van der Waals surface area contributed by atoms with Gasteiger partial charge in [-0.15, -0.1) is 0 Å². The van der Waals surface area contributed by atoms with Crippen LogP contribution in [0, 0.1) is 6.33 Å². The van der Waals surface area contributed by atoms with Gasteiger partial charge in [0.1, 0.15) is 0 Å². The number of para-hydroxylation sites is 8. The average molecular weight is 1050 g/mol. The standard InChI is InChI=1S/C31H38N2.C29H16BN3.Au/c1-20(2)24-13-11-14-25(21(3)4)30(24)32-19-33(29-18-10-9-17-28(29)32)31-26(22(5)6)15-12-16-27(31)23(7)8;1-3-13-23-17(7-1)19-9-5-11-21-28(19)32(23)25-15-31-16-26-27(25)30(21)22-12-6-10-20-18-8-2-4-14-24(18)33(26)29(20)22;/h9-18,20-23H,1-8H3;1-16H;/q;;+1. The summed E-state index contributed by atoms with van der Waals surface area (Å²) in [5.74, 6) is 1.71. The minimum atomic E-state index is 0. The third-order valence-electron chi connectivity index (χ3n) is 14.5. The number of rotatable bonds is 6. The zero-order valence-corrected chi connectivity index (χ0v) is 41.6. The Bertz CT molecular complexity index is 3460. The first-order valence-corrected chi connectivity index (χ1v) is 23.9. The molecular weight excluding hydrogens is 998 g/mol. The van der Waals surface area contributed by atoms with Gasteiger partial charge in [-0.3, -0.25) is 14.1 Å². The van der Waals surface area contributed by atoms with Gasteiger partial charge < -0.3 is 9.13 Å². The van der Waals surface area contributed by atoms with E-state index < -0.39 is 0 Å². The van der Waals surface area contributed by atoms with E-state index in [4.69, 9.17) is 4.98 Å². The number of hydrogen-bond acceptors (Lipinski definition) is 1. The second kappa shape index (κ2) is 16.4. The molecule has 0 spiro atoms. The Hall–Kier alpha value is -6.43. The molecule has 0 atom stereocenters. The molecule has 0 saturated carbocycles. The smallest absolute Gasteiger partial charge is 0.309 e. The van der Waals surface area contributed by atoms with Gasteiger partial charge in [-0.1, -0.05) is 189 Å². The van der Waals surface area contributed by atoms with Crippen molar-refractivity contribution in [2.45, 2.75) is 79.1 Å². The number of nitrogens with zero attached hydrogens (tertiary/aromatic N) is 5. The van der Waals surface area contributed by atoms with Gasteiger partial charge in [0.2, 0.25) is 0 Å². The summed E-state index contributed by atoms with van der Waals surface area (Å²) in [6, 6.07) is 53.4. The van der Waals surface area contributed by atoms with Crippen molar-refractivity contribution in [1.29, 1.82) is 0 Å². The van der Waals surface area contributed by atoms with Crippen molar-refractivity contribution in [3.8, 4) is 22.7 Å². The van der Waals surface area contributed by atoms with E-state index in [-0.39, 0.29) is 29.1 Å². The van der Waals surface area contributed by atoms with Crippen LogP contribution in [0.3, 0.4) is 0 Å². The van der Waals surface area contributed by atoms with E-state index in [1.165, 1.54) is 116 Å². The normalized spacial score (nSPS) is 12.6. The number of pyridine rings is 1. The predicted molar refractivity (Wildman–Crippen MR) is 278 cm³/mol. The first-order chi connectivity index (χ1) is 32.1. The summed E-state index contributed by atoms with van der Waals surface area (Å²) in [5.41, 5.74) is 22.1. The summed E-state index contributed by atoms with van der Waals surface area (Å²) in [6.07, 6.45) is 7.96. The Morgan fingerprint density at radius 2 is 0.881 bits per heavy atom. The SMILES string of the molecule is CC(C)c1cccc(C(C)C)c1-n1[c-][n+](-c2c(C(C)C)cccc2C(C)C)c2ccccc21.[Au+].c1ccc2c(c1)c1cccc3c1n2-c1cncc2c1B3c1cccc3c4ccccc4n-2c13. The van der Waals surface area contributed by atoms with Crippen LogP contribution in [0.4, 0.5) is 0 Å². The fourth-order valence-corrected chi connectivity index (χ4v) is 11.6. The number of hydrogen-bond donors (Lipinski definition) is 0. The van der Waals surface area contributed by atoms with Crippen LogP contribution in [0.15, 0.2) is 158 Å². The largest absolute Gasteiger partial charge is 1.00 e. The van der Waals surface area contributed by atoms with Gasteiger partial charge in [0, 0.05) is 32.6 Å². The van der Waals surface area contributed by atoms with E-state index in [9.17, 15) is 0 Å². The third kappa shape index (κ3) is 6.33. The zero-order valence-electron chi connectivity index (χ0n) is 39.4. The average Bonchev–Trinajstić information content (AvgIpc) is 4.00. The maximum absolute atomic E-state index is 4.79. The van der Waals surface area contributed by atoms with Crippen LogP contribution in [0.2, 0.25) is 0 Å².